The highest BCUT2D eigenvalue weighted by atomic mass is 16.5. The number of Topliss-reactive ketones (excluding diaryl/α,β-unsaturated/α-hetero) is 1. The Morgan fingerprint density at radius 3 is 2.48 bits per heavy atom. The van der Waals surface area contributed by atoms with Crippen molar-refractivity contribution in [2.24, 2.45) is 0 Å². The zero-order valence-corrected chi connectivity index (χ0v) is 14.9. The van der Waals surface area contributed by atoms with Crippen LogP contribution in [0.1, 0.15) is 20.8 Å². The molecule has 0 atom stereocenters. The van der Waals surface area contributed by atoms with Gasteiger partial charge < -0.3 is 14.2 Å². The third-order valence-corrected chi connectivity index (χ3v) is 3.91. The summed E-state index contributed by atoms with van der Waals surface area (Å²) in [6, 6.07) is 15.8. The van der Waals surface area contributed by atoms with E-state index in [0.29, 0.717) is 22.8 Å². The number of aromatic amines is 1. The number of methoxy groups -OCH3 is 2. The van der Waals surface area contributed by atoms with E-state index in [1.54, 1.807) is 24.3 Å². The average Bonchev–Trinajstić information content (AvgIpc) is 3.22. The third kappa shape index (κ3) is 4.14. The van der Waals surface area contributed by atoms with Crippen LogP contribution in [0.2, 0.25) is 0 Å². The summed E-state index contributed by atoms with van der Waals surface area (Å²) in [5, 5.41) is 6.72. The summed E-state index contributed by atoms with van der Waals surface area (Å²) >= 11 is 0. The Balaban J connectivity index is 1.66. The second-order valence-electron chi connectivity index (χ2n) is 5.60. The number of nitrogens with zero attached hydrogens (tertiary/aromatic N) is 1. The van der Waals surface area contributed by atoms with Crippen molar-refractivity contribution < 1.29 is 23.8 Å². The molecule has 0 spiro atoms. The van der Waals surface area contributed by atoms with E-state index in [2.05, 4.69) is 10.2 Å². The number of H-pyrrole nitrogens is 1. The van der Waals surface area contributed by atoms with Crippen LogP contribution >= 0.6 is 0 Å². The van der Waals surface area contributed by atoms with Gasteiger partial charge in [-0.15, -0.1) is 0 Å². The first-order valence-electron chi connectivity index (χ1n) is 8.15. The summed E-state index contributed by atoms with van der Waals surface area (Å²) in [7, 11) is 2.97. The van der Waals surface area contributed by atoms with Gasteiger partial charge >= 0.3 is 5.97 Å². The molecule has 0 radical (unpaired) electrons. The van der Waals surface area contributed by atoms with Gasteiger partial charge in [0, 0.05) is 11.6 Å². The largest absolute Gasteiger partial charge is 0.497 e. The SMILES string of the molecule is COc1ccc(C(=O)COC(=O)c2cc(-c3ccccc3)n[nH]2)c(OC)c1. The Bertz CT molecular complexity index is 950. The zero-order valence-electron chi connectivity index (χ0n) is 14.9. The van der Waals surface area contributed by atoms with Gasteiger partial charge in [0.25, 0.3) is 0 Å². The summed E-state index contributed by atoms with van der Waals surface area (Å²) < 4.78 is 15.4. The maximum absolute atomic E-state index is 12.4. The van der Waals surface area contributed by atoms with E-state index >= 15 is 0 Å². The number of hydrogen-bond acceptors (Lipinski definition) is 6. The fourth-order valence-corrected chi connectivity index (χ4v) is 2.50. The Hall–Kier alpha value is -3.61. The van der Waals surface area contributed by atoms with E-state index in [1.807, 2.05) is 30.3 Å². The van der Waals surface area contributed by atoms with Crippen LogP contribution in [0, 0.1) is 0 Å². The van der Waals surface area contributed by atoms with Gasteiger partial charge in [0.05, 0.1) is 25.5 Å². The van der Waals surface area contributed by atoms with Crippen molar-refractivity contribution >= 4 is 11.8 Å². The average molecular weight is 366 g/mol. The number of aromatic nitrogens is 2. The number of ether oxygens (including phenoxy) is 3. The maximum Gasteiger partial charge on any atom is 0.356 e. The molecule has 0 bridgehead atoms. The fourth-order valence-electron chi connectivity index (χ4n) is 2.50. The highest BCUT2D eigenvalue weighted by molar-refractivity contribution is 6.01. The van der Waals surface area contributed by atoms with Gasteiger partial charge in [-0.25, -0.2) is 4.79 Å². The third-order valence-electron chi connectivity index (χ3n) is 3.91. The molecule has 0 saturated heterocycles. The Kier molecular flexibility index (Phi) is 5.51. The molecular formula is C20H18N2O5. The molecule has 0 saturated carbocycles. The van der Waals surface area contributed by atoms with Gasteiger partial charge in [-0.05, 0) is 18.2 Å². The lowest BCUT2D eigenvalue weighted by atomic mass is 10.1. The van der Waals surface area contributed by atoms with Crippen LogP contribution in [0.3, 0.4) is 0 Å². The number of nitrogens with one attached hydrogen (secondary N) is 1. The second-order valence-corrected chi connectivity index (χ2v) is 5.60. The van der Waals surface area contributed by atoms with Crippen molar-refractivity contribution in [3.63, 3.8) is 0 Å². The number of carbonyl (C=O) groups is 2. The van der Waals surface area contributed by atoms with Crippen molar-refractivity contribution in [1.29, 1.82) is 0 Å². The zero-order chi connectivity index (χ0) is 19.2. The summed E-state index contributed by atoms with van der Waals surface area (Å²) in [4.78, 5) is 24.5. The van der Waals surface area contributed by atoms with Crippen molar-refractivity contribution in [2.75, 3.05) is 20.8 Å². The molecule has 1 heterocycles. The van der Waals surface area contributed by atoms with E-state index in [4.69, 9.17) is 14.2 Å². The first-order valence-corrected chi connectivity index (χ1v) is 8.15. The lowest BCUT2D eigenvalue weighted by molar-refractivity contribution is 0.0468. The Labute approximate surface area is 155 Å². The van der Waals surface area contributed by atoms with Gasteiger partial charge in [0.2, 0.25) is 5.78 Å². The summed E-state index contributed by atoms with van der Waals surface area (Å²) in [6.07, 6.45) is 0. The molecule has 1 N–H and O–H groups in total. The molecular weight excluding hydrogens is 348 g/mol. The summed E-state index contributed by atoms with van der Waals surface area (Å²) in [5.41, 5.74) is 1.96. The van der Waals surface area contributed by atoms with Gasteiger partial charge in [0.1, 0.15) is 17.2 Å². The van der Waals surface area contributed by atoms with Gasteiger partial charge in [-0.1, -0.05) is 30.3 Å². The number of hydrogen-bond donors (Lipinski definition) is 1. The molecule has 0 fully saturated rings. The number of ketones is 1. The monoisotopic (exact) mass is 366 g/mol. The van der Waals surface area contributed by atoms with Crippen LogP contribution in [-0.2, 0) is 4.74 Å². The summed E-state index contributed by atoms with van der Waals surface area (Å²) in [6.45, 7) is -0.415. The number of rotatable bonds is 7. The first-order chi connectivity index (χ1) is 13.1. The molecule has 3 aromatic rings. The Morgan fingerprint density at radius 2 is 1.78 bits per heavy atom. The predicted octanol–water partition coefficient (Wildman–Crippen LogP) is 3.13. The minimum Gasteiger partial charge on any atom is -0.497 e. The predicted molar refractivity (Wildman–Crippen MR) is 98.2 cm³/mol. The molecule has 0 aliphatic carbocycles. The lowest BCUT2D eigenvalue weighted by Crippen LogP contribution is -2.15. The van der Waals surface area contributed by atoms with Crippen LogP contribution < -0.4 is 9.47 Å². The molecule has 1 aromatic heterocycles. The fraction of sp³-hybridized carbons (Fsp3) is 0.150. The number of carbonyl (C=O) groups excluding carboxylic acids is 2. The van der Waals surface area contributed by atoms with Crippen molar-refractivity contribution in [3.05, 3.63) is 65.9 Å². The lowest BCUT2D eigenvalue weighted by Gasteiger charge is -2.09. The maximum atomic E-state index is 12.4. The van der Waals surface area contributed by atoms with E-state index in [0.717, 1.165) is 5.56 Å². The van der Waals surface area contributed by atoms with Crippen LogP contribution in [0.25, 0.3) is 11.3 Å². The normalized spacial score (nSPS) is 10.3. The number of esters is 1. The summed E-state index contributed by atoms with van der Waals surface area (Å²) in [5.74, 6) is -0.134. The highest BCUT2D eigenvalue weighted by Gasteiger charge is 2.18. The standard InChI is InChI=1S/C20H18N2O5/c1-25-14-8-9-15(19(10-14)26-2)18(23)12-27-20(24)17-11-16(21-22-17)13-6-4-3-5-7-13/h3-11H,12H2,1-2H3,(H,21,22). The van der Waals surface area contributed by atoms with Crippen molar-refractivity contribution in [2.45, 2.75) is 0 Å². The van der Waals surface area contributed by atoms with Crippen LogP contribution in [-0.4, -0.2) is 42.8 Å². The van der Waals surface area contributed by atoms with Crippen molar-refractivity contribution in [3.8, 4) is 22.8 Å². The molecule has 3 rings (SSSR count). The minimum absolute atomic E-state index is 0.170. The van der Waals surface area contributed by atoms with Crippen LogP contribution in [0.4, 0.5) is 0 Å². The Morgan fingerprint density at radius 1 is 1.00 bits per heavy atom. The second kappa shape index (κ2) is 8.18. The van der Waals surface area contributed by atoms with E-state index in [9.17, 15) is 9.59 Å². The molecule has 0 aliphatic rings. The van der Waals surface area contributed by atoms with Crippen LogP contribution in [0.5, 0.6) is 11.5 Å². The van der Waals surface area contributed by atoms with Gasteiger partial charge in [-0.2, -0.15) is 5.10 Å². The van der Waals surface area contributed by atoms with Crippen molar-refractivity contribution in [1.82, 2.24) is 10.2 Å². The minimum atomic E-state index is -0.662. The molecule has 7 nitrogen and oxygen atoms in total. The number of benzene rings is 2. The molecule has 0 aliphatic heterocycles. The smallest absolute Gasteiger partial charge is 0.356 e. The van der Waals surface area contributed by atoms with Crippen LogP contribution in [0.15, 0.2) is 54.6 Å². The van der Waals surface area contributed by atoms with Gasteiger partial charge in [-0.3, -0.25) is 9.89 Å². The first kappa shape index (κ1) is 18.2. The highest BCUT2D eigenvalue weighted by Crippen LogP contribution is 2.25. The molecule has 2 aromatic carbocycles. The molecule has 0 unspecified atom stereocenters. The topological polar surface area (TPSA) is 90.5 Å². The molecule has 138 valence electrons. The molecule has 27 heavy (non-hydrogen) atoms. The quantitative estimate of drug-likeness (QED) is 0.510. The molecule has 7 heteroatoms. The van der Waals surface area contributed by atoms with E-state index in [1.165, 1.54) is 14.2 Å². The molecule has 0 amide bonds. The van der Waals surface area contributed by atoms with E-state index < -0.39 is 12.6 Å². The van der Waals surface area contributed by atoms with Gasteiger partial charge in [0.15, 0.2) is 6.61 Å². The van der Waals surface area contributed by atoms with E-state index in [-0.39, 0.29) is 11.5 Å².